The summed E-state index contributed by atoms with van der Waals surface area (Å²) >= 11 is 0. The van der Waals surface area contributed by atoms with E-state index in [0.29, 0.717) is 42.8 Å². The number of ether oxygens (including phenoxy) is 2. The van der Waals surface area contributed by atoms with Gasteiger partial charge in [-0.1, -0.05) is 6.07 Å². The summed E-state index contributed by atoms with van der Waals surface area (Å²) in [7, 11) is 0. The topological polar surface area (TPSA) is 84.0 Å². The Labute approximate surface area is 176 Å². The summed E-state index contributed by atoms with van der Waals surface area (Å²) in [6.07, 6.45) is -0.168. The Hall–Kier alpha value is -3.29. The standard InChI is InChI=1S/C22H29FN4O3/c1-4-24-22(26-15-16(2)30-20-10-8-18(23)9-11-20)25-12-13-29-21-7-5-6-19(14-21)27-17(3)28/h5-11,14,16H,4,12-13,15H2,1-3H3,(H,27,28)(H2,24,25,26). The van der Waals surface area contributed by atoms with E-state index in [0.717, 1.165) is 6.54 Å². The highest BCUT2D eigenvalue weighted by Gasteiger charge is 2.05. The van der Waals surface area contributed by atoms with Crippen LogP contribution in [0.3, 0.4) is 0 Å². The molecule has 0 spiro atoms. The van der Waals surface area contributed by atoms with Gasteiger partial charge in [-0.05, 0) is 50.2 Å². The highest BCUT2D eigenvalue weighted by Crippen LogP contribution is 2.17. The number of amides is 1. The number of hydrogen-bond donors (Lipinski definition) is 3. The number of aliphatic imine (C=N–C) groups is 1. The first-order valence-corrected chi connectivity index (χ1v) is 9.91. The number of carbonyl (C=O) groups is 1. The van der Waals surface area contributed by atoms with Crippen molar-refractivity contribution >= 4 is 17.6 Å². The summed E-state index contributed by atoms with van der Waals surface area (Å²) in [5.74, 6) is 1.51. The number of hydrogen-bond acceptors (Lipinski definition) is 4. The fraction of sp³-hybridized carbons (Fsp3) is 0.364. The summed E-state index contributed by atoms with van der Waals surface area (Å²) in [4.78, 5) is 15.7. The molecule has 2 aromatic rings. The van der Waals surface area contributed by atoms with Gasteiger partial charge in [0.1, 0.15) is 30.0 Å². The molecule has 0 aromatic heterocycles. The van der Waals surface area contributed by atoms with Crippen LogP contribution in [0, 0.1) is 5.82 Å². The van der Waals surface area contributed by atoms with Crippen molar-refractivity contribution in [2.24, 2.45) is 4.99 Å². The third-order valence-corrected chi connectivity index (χ3v) is 3.82. The smallest absolute Gasteiger partial charge is 0.221 e. The maximum Gasteiger partial charge on any atom is 0.221 e. The van der Waals surface area contributed by atoms with Crippen molar-refractivity contribution in [3.8, 4) is 11.5 Å². The van der Waals surface area contributed by atoms with Gasteiger partial charge in [0.05, 0.1) is 13.1 Å². The van der Waals surface area contributed by atoms with E-state index in [2.05, 4.69) is 20.9 Å². The zero-order chi connectivity index (χ0) is 21.8. The molecular weight excluding hydrogens is 387 g/mol. The van der Waals surface area contributed by atoms with Gasteiger partial charge >= 0.3 is 0 Å². The fourth-order valence-electron chi connectivity index (χ4n) is 2.55. The van der Waals surface area contributed by atoms with Crippen LogP contribution < -0.4 is 25.4 Å². The summed E-state index contributed by atoms with van der Waals surface area (Å²) in [6.45, 7) is 7.48. The van der Waals surface area contributed by atoms with Gasteiger partial charge in [-0.3, -0.25) is 4.79 Å². The molecule has 30 heavy (non-hydrogen) atoms. The zero-order valence-electron chi connectivity index (χ0n) is 17.6. The largest absolute Gasteiger partial charge is 0.492 e. The highest BCUT2D eigenvalue weighted by molar-refractivity contribution is 5.88. The number of anilines is 1. The lowest BCUT2D eigenvalue weighted by Gasteiger charge is -2.15. The van der Waals surface area contributed by atoms with Crippen molar-refractivity contribution < 1.29 is 18.7 Å². The minimum atomic E-state index is -0.296. The Morgan fingerprint density at radius 3 is 2.60 bits per heavy atom. The van der Waals surface area contributed by atoms with Crippen molar-refractivity contribution in [1.82, 2.24) is 10.6 Å². The van der Waals surface area contributed by atoms with Crippen molar-refractivity contribution in [2.45, 2.75) is 26.9 Å². The Kier molecular flexibility index (Phi) is 9.44. The molecule has 1 amide bonds. The molecule has 0 saturated carbocycles. The predicted octanol–water partition coefficient (Wildman–Crippen LogP) is 3.19. The van der Waals surface area contributed by atoms with E-state index >= 15 is 0 Å². The number of halogens is 1. The monoisotopic (exact) mass is 416 g/mol. The molecule has 0 saturated heterocycles. The minimum absolute atomic E-state index is 0.127. The third kappa shape index (κ3) is 8.81. The zero-order valence-corrected chi connectivity index (χ0v) is 17.6. The van der Waals surface area contributed by atoms with Crippen molar-refractivity contribution in [3.05, 3.63) is 54.3 Å². The van der Waals surface area contributed by atoms with Gasteiger partial charge in [-0.25, -0.2) is 9.38 Å². The number of rotatable bonds is 10. The molecule has 3 N–H and O–H groups in total. The fourth-order valence-corrected chi connectivity index (χ4v) is 2.55. The Morgan fingerprint density at radius 2 is 1.90 bits per heavy atom. The Bertz CT molecular complexity index is 827. The molecule has 1 atom stereocenters. The summed E-state index contributed by atoms with van der Waals surface area (Å²) in [6, 6.07) is 13.1. The van der Waals surface area contributed by atoms with E-state index in [9.17, 15) is 9.18 Å². The van der Waals surface area contributed by atoms with Crippen LogP contribution in [0.25, 0.3) is 0 Å². The molecule has 162 valence electrons. The number of nitrogens with zero attached hydrogens (tertiary/aromatic N) is 1. The molecule has 8 heteroatoms. The maximum atomic E-state index is 13.0. The van der Waals surface area contributed by atoms with Gasteiger partial charge in [-0.2, -0.15) is 0 Å². The molecule has 0 aliphatic carbocycles. The molecule has 0 radical (unpaired) electrons. The van der Waals surface area contributed by atoms with Crippen molar-refractivity contribution in [1.29, 1.82) is 0 Å². The molecule has 7 nitrogen and oxygen atoms in total. The number of carbonyl (C=O) groups excluding carboxylic acids is 1. The van der Waals surface area contributed by atoms with Crippen LogP contribution in [0.5, 0.6) is 11.5 Å². The highest BCUT2D eigenvalue weighted by atomic mass is 19.1. The van der Waals surface area contributed by atoms with Crippen LogP contribution in [0.4, 0.5) is 10.1 Å². The number of guanidine groups is 1. The van der Waals surface area contributed by atoms with Gasteiger partial charge in [0.25, 0.3) is 0 Å². The number of nitrogens with one attached hydrogen (secondary N) is 3. The van der Waals surface area contributed by atoms with Crippen LogP contribution in [0.15, 0.2) is 53.5 Å². The van der Waals surface area contributed by atoms with Gasteiger partial charge in [0.15, 0.2) is 5.96 Å². The van der Waals surface area contributed by atoms with Crippen molar-refractivity contribution in [3.63, 3.8) is 0 Å². The number of benzene rings is 2. The Balaban J connectivity index is 1.77. The molecule has 2 rings (SSSR count). The summed E-state index contributed by atoms with van der Waals surface area (Å²) in [5.41, 5.74) is 0.693. The first-order valence-electron chi connectivity index (χ1n) is 9.91. The van der Waals surface area contributed by atoms with E-state index in [1.54, 1.807) is 24.3 Å². The second kappa shape index (κ2) is 12.3. The summed E-state index contributed by atoms with van der Waals surface area (Å²) < 4.78 is 24.4. The van der Waals surface area contributed by atoms with Crippen LogP contribution in [0.2, 0.25) is 0 Å². The molecule has 2 aromatic carbocycles. The van der Waals surface area contributed by atoms with E-state index in [1.165, 1.54) is 19.1 Å². The first kappa shape index (κ1) is 23.0. The molecule has 0 fully saturated rings. The first-order chi connectivity index (χ1) is 14.5. The summed E-state index contributed by atoms with van der Waals surface area (Å²) in [5, 5.41) is 9.10. The van der Waals surface area contributed by atoms with E-state index in [4.69, 9.17) is 9.47 Å². The minimum Gasteiger partial charge on any atom is -0.492 e. The molecule has 1 unspecified atom stereocenters. The lowest BCUT2D eigenvalue weighted by molar-refractivity contribution is -0.114. The van der Waals surface area contributed by atoms with Crippen LogP contribution in [-0.2, 0) is 4.79 Å². The second-order valence-electron chi connectivity index (χ2n) is 6.59. The lowest BCUT2D eigenvalue weighted by atomic mass is 10.3. The quantitative estimate of drug-likeness (QED) is 0.315. The van der Waals surface area contributed by atoms with E-state index in [-0.39, 0.29) is 17.8 Å². The predicted molar refractivity (Wildman–Crippen MR) is 117 cm³/mol. The van der Waals surface area contributed by atoms with Gasteiger partial charge < -0.3 is 25.4 Å². The molecule has 0 aliphatic rings. The van der Waals surface area contributed by atoms with Gasteiger partial charge in [0, 0.05) is 25.2 Å². The normalized spacial score (nSPS) is 12.1. The van der Waals surface area contributed by atoms with Crippen LogP contribution >= 0.6 is 0 Å². The third-order valence-electron chi connectivity index (χ3n) is 3.82. The average molecular weight is 416 g/mol. The Morgan fingerprint density at radius 1 is 1.13 bits per heavy atom. The molecule has 0 heterocycles. The molecular formula is C22H29FN4O3. The SMILES string of the molecule is CCNC(=NCC(C)Oc1ccc(F)cc1)NCCOc1cccc(NC(C)=O)c1. The van der Waals surface area contributed by atoms with E-state index in [1.807, 2.05) is 26.0 Å². The lowest BCUT2D eigenvalue weighted by Crippen LogP contribution is -2.40. The van der Waals surface area contributed by atoms with E-state index < -0.39 is 0 Å². The van der Waals surface area contributed by atoms with Crippen molar-refractivity contribution in [2.75, 3.05) is 31.6 Å². The average Bonchev–Trinajstić information content (AvgIpc) is 2.71. The van der Waals surface area contributed by atoms with Gasteiger partial charge in [-0.15, -0.1) is 0 Å². The van der Waals surface area contributed by atoms with Crippen LogP contribution in [0.1, 0.15) is 20.8 Å². The maximum absolute atomic E-state index is 13.0. The molecule has 0 bridgehead atoms. The molecule has 0 aliphatic heterocycles. The van der Waals surface area contributed by atoms with Gasteiger partial charge in [0.2, 0.25) is 5.91 Å². The second-order valence-corrected chi connectivity index (χ2v) is 6.59. The van der Waals surface area contributed by atoms with Crippen LogP contribution in [-0.4, -0.2) is 44.2 Å².